The number of anilines is 1. The summed E-state index contributed by atoms with van der Waals surface area (Å²) in [5.74, 6) is 0.423. The molecule has 1 aromatic carbocycles. The summed E-state index contributed by atoms with van der Waals surface area (Å²) in [5.41, 5.74) is 2.13. The van der Waals surface area contributed by atoms with Gasteiger partial charge in [-0.3, -0.25) is 9.78 Å². The van der Waals surface area contributed by atoms with Gasteiger partial charge in [-0.1, -0.05) is 24.3 Å². The maximum absolute atomic E-state index is 13.3. The summed E-state index contributed by atoms with van der Waals surface area (Å²) >= 11 is 0. The summed E-state index contributed by atoms with van der Waals surface area (Å²) < 4.78 is 13.2. The van der Waals surface area contributed by atoms with Crippen LogP contribution in [0.1, 0.15) is 24.8 Å². The Kier molecular flexibility index (Phi) is 5.70. The number of amides is 1. The fourth-order valence-electron chi connectivity index (χ4n) is 4.32. The van der Waals surface area contributed by atoms with Crippen LogP contribution in [-0.2, 0) is 11.3 Å². The fourth-order valence-corrected chi connectivity index (χ4v) is 4.32. The minimum atomic E-state index is -0.246. The van der Waals surface area contributed by atoms with Gasteiger partial charge in [-0.2, -0.15) is 0 Å². The van der Waals surface area contributed by atoms with Gasteiger partial charge in [0.25, 0.3) is 0 Å². The highest BCUT2D eigenvalue weighted by molar-refractivity contribution is 5.80. The number of nitrogens with zero attached hydrogens (tertiary/aromatic N) is 3. The Labute approximate surface area is 165 Å². The zero-order chi connectivity index (χ0) is 19.3. The molecule has 4 rings (SSSR count). The highest BCUT2D eigenvalue weighted by atomic mass is 19.1. The molecule has 2 aliphatic heterocycles. The standard InChI is InChI=1S/C23H26FN3O/c24-20-8-6-18(7-9-20)17-27-13-2-1-5-22(23(27)28)19-10-14-26(15-11-19)21-4-3-12-25-16-21/h1-4,6-9,12,16,19,22H,5,10-11,13-15,17H2/t22-/m1/s1. The molecule has 1 aromatic heterocycles. The second-order valence-electron chi connectivity index (χ2n) is 7.69. The number of hydrogen-bond donors (Lipinski definition) is 0. The van der Waals surface area contributed by atoms with Crippen LogP contribution in [0.15, 0.2) is 60.9 Å². The summed E-state index contributed by atoms with van der Waals surface area (Å²) in [4.78, 5) is 21.7. The molecule has 0 unspecified atom stereocenters. The van der Waals surface area contributed by atoms with Crippen molar-refractivity contribution >= 4 is 11.6 Å². The van der Waals surface area contributed by atoms with Crippen LogP contribution < -0.4 is 4.90 Å². The first-order chi connectivity index (χ1) is 13.7. The van der Waals surface area contributed by atoms with E-state index in [4.69, 9.17) is 0 Å². The minimum Gasteiger partial charge on any atom is -0.370 e. The van der Waals surface area contributed by atoms with Crippen molar-refractivity contribution in [1.29, 1.82) is 0 Å². The van der Waals surface area contributed by atoms with Gasteiger partial charge in [-0.15, -0.1) is 0 Å². The third kappa shape index (κ3) is 4.24. The van der Waals surface area contributed by atoms with Crippen LogP contribution in [-0.4, -0.2) is 35.4 Å². The molecular formula is C23H26FN3O. The lowest BCUT2D eigenvalue weighted by molar-refractivity contribution is -0.137. The van der Waals surface area contributed by atoms with Gasteiger partial charge in [-0.25, -0.2) is 4.39 Å². The Balaban J connectivity index is 1.40. The quantitative estimate of drug-likeness (QED) is 0.752. The molecule has 1 amide bonds. The van der Waals surface area contributed by atoms with Gasteiger partial charge in [0.2, 0.25) is 5.91 Å². The van der Waals surface area contributed by atoms with Gasteiger partial charge < -0.3 is 9.80 Å². The summed E-state index contributed by atoms with van der Waals surface area (Å²) in [5, 5.41) is 0. The van der Waals surface area contributed by atoms with Crippen LogP contribution in [0.4, 0.5) is 10.1 Å². The van der Waals surface area contributed by atoms with Crippen molar-refractivity contribution in [2.75, 3.05) is 24.5 Å². The molecule has 1 saturated heterocycles. The molecular weight excluding hydrogens is 353 g/mol. The molecule has 146 valence electrons. The van der Waals surface area contributed by atoms with E-state index in [2.05, 4.69) is 28.1 Å². The molecule has 28 heavy (non-hydrogen) atoms. The summed E-state index contributed by atoms with van der Waals surface area (Å²) in [7, 11) is 0. The number of carbonyl (C=O) groups excluding carboxylic acids is 1. The lowest BCUT2D eigenvalue weighted by Gasteiger charge is -2.37. The monoisotopic (exact) mass is 379 g/mol. The highest BCUT2D eigenvalue weighted by Crippen LogP contribution is 2.32. The van der Waals surface area contributed by atoms with E-state index < -0.39 is 0 Å². The first-order valence-corrected chi connectivity index (χ1v) is 10.0. The van der Waals surface area contributed by atoms with Gasteiger partial charge in [-0.05, 0) is 55.0 Å². The van der Waals surface area contributed by atoms with Gasteiger partial charge >= 0.3 is 0 Å². The third-order valence-corrected chi connectivity index (χ3v) is 5.92. The van der Waals surface area contributed by atoms with Crippen LogP contribution >= 0.6 is 0 Å². The zero-order valence-corrected chi connectivity index (χ0v) is 16.0. The number of benzene rings is 1. The molecule has 0 bridgehead atoms. The maximum Gasteiger partial charge on any atom is 0.226 e. The molecule has 3 heterocycles. The summed E-state index contributed by atoms with van der Waals surface area (Å²) in [6.07, 6.45) is 10.8. The molecule has 4 nitrogen and oxygen atoms in total. The van der Waals surface area contributed by atoms with E-state index in [1.807, 2.05) is 17.2 Å². The maximum atomic E-state index is 13.3. The normalized spacial score (nSPS) is 21.0. The zero-order valence-electron chi connectivity index (χ0n) is 16.0. The number of rotatable bonds is 4. The number of allylic oxidation sites excluding steroid dienone is 1. The predicted octanol–water partition coefficient (Wildman–Crippen LogP) is 4.04. The van der Waals surface area contributed by atoms with E-state index in [0.29, 0.717) is 19.0 Å². The number of carbonyl (C=O) groups is 1. The lowest BCUT2D eigenvalue weighted by Crippen LogP contribution is -2.42. The number of halogens is 1. The molecule has 2 aliphatic rings. The summed E-state index contributed by atoms with van der Waals surface area (Å²) in [6.45, 7) is 3.08. The second-order valence-corrected chi connectivity index (χ2v) is 7.69. The molecule has 2 aromatic rings. The van der Waals surface area contributed by atoms with Gasteiger partial charge in [0, 0.05) is 38.3 Å². The van der Waals surface area contributed by atoms with E-state index in [-0.39, 0.29) is 17.6 Å². The van der Waals surface area contributed by atoms with Crippen molar-refractivity contribution in [1.82, 2.24) is 9.88 Å². The van der Waals surface area contributed by atoms with Crippen LogP contribution in [0.25, 0.3) is 0 Å². The number of pyridine rings is 1. The van der Waals surface area contributed by atoms with Crippen LogP contribution in [0.2, 0.25) is 0 Å². The van der Waals surface area contributed by atoms with Gasteiger partial charge in [0.15, 0.2) is 0 Å². The smallest absolute Gasteiger partial charge is 0.226 e. The predicted molar refractivity (Wildman–Crippen MR) is 108 cm³/mol. The minimum absolute atomic E-state index is 0.0373. The third-order valence-electron chi connectivity index (χ3n) is 5.92. The van der Waals surface area contributed by atoms with Crippen LogP contribution in [0, 0.1) is 17.7 Å². The average molecular weight is 379 g/mol. The number of hydrogen-bond acceptors (Lipinski definition) is 3. The lowest BCUT2D eigenvalue weighted by atomic mass is 9.81. The van der Waals surface area contributed by atoms with Gasteiger partial charge in [0.05, 0.1) is 11.9 Å². The fraction of sp³-hybridized carbons (Fsp3) is 0.391. The average Bonchev–Trinajstić information content (AvgIpc) is 2.92. The molecule has 0 saturated carbocycles. The highest BCUT2D eigenvalue weighted by Gasteiger charge is 2.34. The SMILES string of the molecule is O=C1[C@@H](C2CCN(c3cccnc3)CC2)CC=CCN1Cc1ccc(F)cc1. The van der Waals surface area contributed by atoms with E-state index in [9.17, 15) is 9.18 Å². The first kappa shape index (κ1) is 18.7. The number of aromatic nitrogens is 1. The van der Waals surface area contributed by atoms with Crippen molar-refractivity contribution in [2.24, 2.45) is 11.8 Å². The first-order valence-electron chi connectivity index (χ1n) is 10.0. The van der Waals surface area contributed by atoms with E-state index in [1.165, 1.54) is 12.1 Å². The van der Waals surface area contributed by atoms with E-state index >= 15 is 0 Å². The molecule has 0 aliphatic carbocycles. The van der Waals surface area contributed by atoms with Crippen molar-refractivity contribution in [2.45, 2.75) is 25.8 Å². The molecule has 5 heteroatoms. The van der Waals surface area contributed by atoms with Crippen LogP contribution in [0.5, 0.6) is 0 Å². The Morgan fingerprint density at radius 2 is 1.86 bits per heavy atom. The van der Waals surface area contributed by atoms with Gasteiger partial charge in [0.1, 0.15) is 5.82 Å². The molecule has 0 radical (unpaired) electrons. The Morgan fingerprint density at radius 1 is 1.07 bits per heavy atom. The topological polar surface area (TPSA) is 36.4 Å². The number of piperidine rings is 1. The summed E-state index contributed by atoms with van der Waals surface area (Å²) in [6, 6.07) is 10.5. The van der Waals surface area contributed by atoms with Crippen LogP contribution in [0.3, 0.4) is 0 Å². The van der Waals surface area contributed by atoms with E-state index in [0.717, 1.165) is 43.6 Å². The second kappa shape index (κ2) is 8.55. The Bertz CT molecular complexity index is 814. The van der Waals surface area contributed by atoms with Crippen molar-refractivity contribution in [3.8, 4) is 0 Å². The molecule has 1 fully saturated rings. The van der Waals surface area contributed by atoms with E-state index in [1.54, 1.807) is 18.3 Å². The molecule has 0 N–H and O–H groups in total. The van der Waals surface area contributed by atoms with Crippen molar-refractivity contribution < 1.29 is 9.18 Å². The molecule has 0 spiro atoms. The van der Waals surface area contributed by atoms with Crippen molar-refractivity contribution in [3.63, 3.8) is 0 Å². The Hall–Kier alpha value is -2.69. The Morgan fingerprint density at radius 3 is 2.57 bits per heavy atom. The largest absolute Gasteiger partial charge is 0.370 e. The molecule has 1 atom stereocenters. The van der Waals surface area contributed by atoms with Crippen molar-refractivity contribution in [3.05, 3.63) is 72.3 Å².